The Morgan fingerprint density at radius 2 is 1.68 bits per heavy atom. The number of aliphatic hydroxyl groups is 1. The van der Waals surface area contributed by atoms with Gasteiger partial charge < -0.3 is 15.4 Å². The van der Waals surface area contributed by atoms with Crippen LogP contribution in [0.1, 0.15) is 74.3 Å². The molecule has 0 aliphatic heterocycles. The van der Waals surface area contributed by atoms with E-state index in [4.69, 9.17) is 5.73 Å². The number of benzene rings is 1. The molecule has 2 aromatic rings. The maximum Gasteiger partial charge on any atom is 0.179 e. The van der Waals surface area contributed by atoms with Crippen molar-refractivity contribution in [2.24, 2.45) is 12.8 Å². The molecule has 0 radical (unpaired) electrons. The third-order valence-corrected chi connectivity index (χ3v) is 5.51. The zero-order valence-electron chi connectivity index (χ0n) is 18.1. The lowest BCUT2D eigenvalue weighted by molar-refractivity contribution is 0.0972. The molecule has 0 fully saturated rings. The smallest absolute Gasteiger partial charge is 0.179 e. The molecule has 154 valence electrons. The van der Waals surface area contributed by atoms with Crippen molar-refractivity contribution < 1.29 is 9.90 Å². The van der Waals surface area contributed by atoms with Crippen LogP contribution in [0.2, 0.25) is 0 Å². The number of carbonyl (C=O) groups excluding carboxylic acids is 1. The zero-order valence-corrected chi connectivity index (χ0v) is 18.1. The maximum absolute atomic E-state index is 12.6. The van der Waals surface area contributed by atoms with E-state index in [-0.39, 0.29) is 17.8 Å². The molecule has 0 aliphatic carbocycles. The summed E-state index contributed by atoms with van der Waals surface area (Å²) in [5.41, 5.74) is 10.0. The maximum atomic E-state index is 12.6. The number of Topliss-reactive ketones (excluding diaryl/α,β-unsaturated/α-hetero) is 1. The Labute approximate surface area is 169 Å². The first-order valence-electron chi connectivity index (χ1n) is 10.2. The van der Waals surface area contributed by atoms with Gasteiger partial charge in [0.15, 0.2) is 5.78 Å². The third-order valence-electron chi connectivity index (χ3n) is 5.51. The van der Waals surface area contributed by atoms with Gasteiger partial charge in [0, 0.05) is 24.7 Å². The van der Waals surface area contributed by atoms with Gasteiger partial charge in [-0.15, -0.1) is 0 Å². The highest BCUT2D eigenvalue weighted by atomic mass is 16.3. The summed E-state index contributed by atoms with van der Waals surface area (Å²) in [6, 6.07) is 12.6. The summed E-state index contributed by atoms with van der Waals surface area (Å²) in [7, 11) is 1.93. The van der Waals surface area contributed by atoms with Crippen LogP contribution in [0.4, 0.5) is 0 Å². The summed E-state index contributed by atoms with van der Waals surface area (Å²) in [5.74, 6) is 0.178. The number of aromatic nitrogens is 1. The molecule has 0 spiro atoms. The van der Waals surface area contributed by atoms with Gasteiger partial charge in [0.05, 0.1) is 12.3 Å². The van der Waals surface area contributed by atoms with Crippen LogP contribution < -0.4 is 5.73 Å². The standard InChI is InChI=1S/C24H36N2O2/c1-23(2,3)19-11-9-18(10-12-19)7-6-8-22(28)21-14-13-20(26(21)5)15-16-24(4,25)17-27/h9-14,27H,6-8,15-17,25H2,1-5H3. The Bertz CT molecular complexity index is 780. The molecular weight excluding hydrogens is 348 g/mol. The number of nitrogens with two attached hydrogens (primary N) is 1. The minimum Gasteiger partial charge on any atom is -0.394 e. The van der Waals surface area contributed by atoms with Crippen LogP contribution >= 0.6 is 0 Å². The van der Waals surface area contributed by atoms with Gasteiger partial charge >= 0.3 is 0 Å². The molecule has 28 heavy (non-hydrogen) atoms. The number of aliphatic hydroxyl groups excluding tert-OH is 1. The van der Waals surface area contributed by atoms with Gasteiger partial charge in [-0.2, -0.15) is 0 Å². The minimum atomic E-state index is -0.586. The molecule has 0 saturated carbocycles. The van der Waals surface area contributed by atoms with E-state index in [0.29, 0.717) is 12.8 Å². The molecule has 0 bridgehead atoms. The molecule has 1 aromatic heterocycles. The number of carbonyl (C=O) groups is 1. The molecule has 1 unspecified atom stereocenters. The number of aryl methyl sites for hydroxylation is 2. The first kappa shape index (κ1) is 22.4. The highest BCUT2D eigenvalue weighted by Crippen LogP contribution is 2.23. The Morgan fingerprint density at radius 1 is 1.04 bits per heavy atom. The molecular formula is C24H36N2O2. The molecule has 3 N–H and O–H groups in total. The molecule has 0 amide bonds. The van der Waals surface area contributed by atoms with Gasteiger partial charge in [0.25, 0.3) is 0 Å². The van der Waals surface area contributed by atoms with Gasteiger partial charge in [-0.25, -0.2) is 0 Å². The second kappa shape index (κ2) is 9.06. The van der Waals surface area contributed by atoms with Crippen LogP contribution in [-0.2, 0) is 25.3 Å². The number of hydrogen-bond acceptors (Lipinski definition) is 3. The second-order valence-electron chi connectivity index (χ2n) is 9.30. The van der Waals surface area contributed by atoms with Gasteiger partial charge in [-0.3, -0.25) is 4.79 Å². The fraction of sp³-hybridized carbons (Fsp3) is 0.542. The SMILES string of the molecule is Cn1c(CCC(C)(N)CO)ccc1C(=O)CCCc1ccc(C(C)(C)C)cc1. The Kier molecular flexibility index (Phi) is 7.24. The summed E-state index contributed by atoms with van der Waals surface area (Å²) >= 11 is 0. The predicted octanol–water partition coefficient (Wildman–Crippen LogP) is 4.17. The average molecular weight is 385 g/mol. The Hall–Kier alpha value is -1.91. The lowest BCUT2D eigenvalue weighted by Crippen LogP contribution is -2.40. The second-order valence-corrected chi connectivity index (χ2v) is 9.30. The Morgan fingerprint density at radius 3 is 2.25 bits per heavy atom. The summed E-state index contributed by atoms with van der Waals surface area (Å²) in [6.45, 7) is 8.45. The molecule has 4 nitrogen and oxygen atoms in total. The van der Waals surface area contributed by atoms with Gasteiger partial charge in [0.1, 0.15) is 0 Å². The normalized spacial score (nSPS) is 14.1. The van der Waals surface area contributed by atoms with Gasteiger partial charge in [-0.1, -0.05) is 45.0 Å². The van der Waals surface area contributed by atoms with E-state index in [1.807, 2.05) is 30.7 Å². The number of rotatable bonds is 9. The van der Waals surface area contributed by atoms with Crippen LogP contribution in [-0.4, -0.2) is 27.6 Å². The van der Waals surface area contributed by atoms with Gasteiger partial charge in [0.2, 0.25) is 0 Å². The van der Waals surface area contributed by atoms with Crippen LogP contribution in [0.25, 0.3) is 0 Å². The van der Waals surface area contributed by atoms with Crippen molar-refractivity contribution in [3.63, 3.8) is 0 Å². The summed E-state index contributed by atoms with van der Waals surface area (Å²) in [5, 5.41) is 9.29. The fourth-order valence-electron chi connectivity index (χ4n) is 3.33. The van der Waals surface area contributed by atoms with Crippen LogP contribution in [0.15, 0.2) is 36.4 Å². The van der Waals surface area contributed by atoms with Crippen molar-refractivity contribution in [3.8, 4) is 0 Å². The average Bonchev–Trinajstić information content (AvgIpc) is 3.00. The summed E-state index contributed by atoms with van der Waals surface area (Å²) < 4.78 is 1.97. The van der Waals surface area contributed by atoms with Crippen LogP contribution in [0.5, 0.6) is 0 Å². The lowest BCUT2D eigenvalue weighted by Gasteiger charge is -2.21. The highest BCUT2D eigenvalue weighted by Gasteiger charge is 2.19. The van der Waals surface area contributed by atoms with Gasteiger partial charge in [-0.05, 0) is 61.3 Å². The van der Waals surface area contributed by atoms with Crippen LogP contribution in [0, 0.1) is 0 Å². The highest BCUT2D eigenvalue weighted by molar-refractivity contribution is 5.94. The molecule has 4 heteroatoms. The van der Waals surface area contributed by atoms with E-state index < -0.39 is 5.54 Å². The molecule has 0 aliphatic rings. The van der Waals surface area contributed by atoms with E-state index in [1.54, 1.807) is 0 Å². The number of nitrogens with zero attached hydrogens (tertiary/aromatic N) is 1. The molecule has 1 atom stereocenters. The first-order valence-corrected chi connectivity index (χ1v) is 10.2. The van der Waals surface area contributed by atoms with E-state index >= 15 is 0 Å². The van der Waals surface area contributed by atoms with E-state index in [1.165, 1.54) is 11.1 Å². The van der Waals surface area contributed by atoms with E-state index in [0.717, 1.165) is 30.7 Å². The number of ketones is 1. The molecule has 2 rings (SSSR count). The third kappa shape index (κ3) is 6.05. The predicted molar refractivity (Wildman–Crippen MR) is 116 cm³/mol. The van der Waals surface area contributed by atoms with Crippen molar-refractivity contribution in [2.45, 2.75) is 70.8 Å². The van der Waals surface area contributed by atoms with Crippen molar-refractivity contribution in [1.29, 1.82) is 0 Å². The van der Waals surface area contributed by atoms with E-state index in [2.05, 4.69) is 45.0 Å². The molecule has 0 saturated heterocycles. The Balaban J connectivity index is 1.88. The van der Waals surface area contributed by atoms with Crippen LogP contribution in [0.3, 0.4) is 0 Å². The summed E-state index contributed by atoms with van der Waals surface area (Å²) in [6.07, 6.45) is 3.73. The zero-order chi connectivity index (χ0) is 20.9. The van der Waals surface area contributed by atoms with Crippen molar-refractivity contribution in [3.05, 3.63) is 58.9 Å². The minimum absolute atomic E-state index is 0.0417. The van der Waals surface area contributed by atoms with Crippen molar-refractivity contribution in [1.82, 2.24) is 4.57 Å². The summed E-state index contributed by atoms with van der Waals surface area (Å²) in [4.78, 5) is 12.6. The quantitative estimate of drug-likeness (QED) is 0.638. The monoisotopic (exact) mass is 384 g/mol. The lowest BCUT2D eigenvalue weighted by atomic mass is 9.86. The topological polar surface area (TPSA) is 68.2 Å². The van der Waals surface area contributed by atoms with Crippen molar-refractivity contribution >= 4 is 5.78 Å². The largest absolute Gasteiger partial charge is 0.394 e. The number of hydrogen-bond donors (Lipinski definition) is 2. The first-order chi connectivity index (χ1) is 13.0. The molecule has 1 heterocycles. The van der Waals surface area contributed by atoms with E-state index in [9.17, 15) is 9.90 Å². The fourth-order valence-corrected chi connectivity index (χ4v) is 3.33. The molecule has 1 aromatic carbocycles. The van der Waals surface area contributed by atoms with Crippen molar-refractivity contribution in [2.75, 3.05) is 6.61 Å².